The molecule has 3 N–H and O–H groups in total. The van der Waals surface area contributed by atoms with E-state index < -0.39 is 0 Å². The van der Waals surface area contributed by atoms with Gasteiger partial charge in [0.15, 0.2) is 11.0 Å². The average Bonchev–Trinajstić information content (AvgIpc) is 2.71. The van der Waals surface area contributed by atoms with Gasteiger partial charge in [-0.3, -0.25) is 5.10 Å². The van der Waals surface area contributed by atoms with Crippen molar-refractivity contribution < 1.29 is 4.42 Å². The van der Waals surface area contributed by atoms with E-state index in [0.717, 1.165) is 5.69 Å². The highest BCUT2D eigenvalue weighted by Gasteiger charge is 2.06. The number of rotatable bonds is 2. The lowest BCUT2D eigenvalue weighted by atomic mass is 10.3. The van der Waals surface area contributed by atoms with Crippen LogP contribution in [0.25, 0.3) is 11.5 Å². The van der Waals surface area contributed by atoms with Gasteiger partial charge in [-0.1, -0.05) is 0 Å². The Labute approximate surface area is 79.7 Å². The number of furan rings is 1. The molecular weight excluding hydrogens is 190 g/mol. The van der Waals surface area contributed by atoms with E-state index in [2.05, 4.69) is 10.2 Å². The SMILES string of the molecule is NCc1cc(-c2ccc(Cl)o2)n[nH]1. The Morgan fingerprint density at radius 2 is 2.38 bits per heavy atom. The van der Waals surface area contributed by atoms with E-state index in [0.29, 0.717) is 23.2 Å². The lowest BCUT2D eigenvalue weighted by molar-refractivity contribution is 0.582. The zero-order valence-electron chi connectivity index (χ0n) is 6.75. The lowest BCUT2D eigenvalue weighted by Gasteiger charge is -1.85. The summed E-state index contributed by atoms with van der Waals surface area (Å²) in [6, 6.07) is 5.27. The van der Waals surface area contributed by atoms with Crippen molar-refractivity contribution in [2.45, 2.75) is 6.54 Å². The molecule has 0 aliphatic carbocycles. The number of aromatic amines is 1. The highest BCUT2D eigenvalue weighted by Crippen LogP contribution is 2.23. The molecule has 0 spiro atoms. The first kappa shape index (κ1) is 8.34. The van der Waals surface area contributed by atoms with Crippen LogP contribution in [0.1, 0.15) is 5.69 Å². The van der Waals surface area contributed by atoms with Crippen molar-refractivity contribution in [3.05, 3.63) is 29.1 Å². The first-order chi connectivity index (χ1) is 6.29. The molecule has 0 aliphatic rings. The molecule has 5 heteroatoms. The van der Waals surface area contributed by atoms with Crippen LogP contribution >= 0.6 is 11.6 Å². The maximum absolute atomic E-state index is 5.62. The van der Waals surface area contributed by atoms with Crippen LogP contribution in [-0.2, 0) is 6.54 Å². The van der Waals surface area contributed by atoms with Crippen LogP contribution in [0.3, 0.4) is 0 Å². The van der Waals surface area contributed by atoms with Gasteiger partial charge in [0.2, 0.25) is 0 Å². The van der Waals surface area contributed by atoms with E-state index >= 15 is 0 Å². The minimum atomic E-state index is 0.354. The van der Waals surface area contributed by atoms with Crippen molar-refractivity contribution in [1.82, 2.24) is 10.2 Å². The Hall–Kier alpha value is -1.26. The van der Waals surface area contributed by atoms with Crippen molar-refractivity contribution in [3.8, 4) is 11.5 Å². The van der Waals surface area contributed by atoms with Gasteiger partial charge >= 0.3 is 0 Å². The van der Waals surface area contributed by atoms with E-state index in [4.69, 9.17) is 21.8 Å². The number of hydrogen-bond acceptors (Lipinski definition) is 3. The number of nitrogens with zero attached hydrogens (tertiary/aromatic N) is 1. The molecule has 13 heavy (non-hydrogen) atoms. The highest BCUT2D eigenvalue weighted by atomic mass is 35.5. The van der Waals surface area contributed by atoms with Gasteiger partial charge in [-0.25, -0.2) is 0 Å². The predicted octanol–water partition coefficient (Wildman–Crippen LogP) is 1.78. The Balaban J connectivity index is 2.35. The molecule has 0 unspecified atom stereocenters. The molecule has 0 fully saturated rings. The molecule has 0 aromatic carbocycles. The maximum atomic E-state index is 5.62. The average molecular weight is 198 g/mol. The third kappa shape index (κ3) is 1.59. The normalized spacial score (nSPS) is 10.6. The minimum Gasteiger partial charge on any atom is -0.443 e. The standard InChI is InChI=1S/C8H8ClN3O/c9-8-2-1-7(13-8)6-3-5(4-10)11-12-6/h1-3H,4,10H2,(H,11,12). The van der Waals surface area contributed by atoms with Crippen molar-refractivity contribution in [2.75, 3.05) is 0 Å². The van der Waals surface area contributed by atoms with Gasteiger partial charge in [0.25, 0.3) is 0 Å². The minimum absolute atomic E-state index is 0.354. The topological polar surface area (TPSA) is 67.8 Å². The number of halogens is 1. The van der Waals surface area contributed by atoms with Crippen LogP contribution in [0.5, 0.6) is 0 Å². The molecule has 68 valence electrons. The zero-order chi connectivity index (χ0) is 9.26. The van der Waals surface area contributed by atoms with Gasteiger partial charge in [-0.05, 0) is 29.8 Å². The first-order valence-corrected chi connectivity index (χ1v) is 4.17. The van der Waals surface area contributed by atoms with Gasteiger partial charge < -0.3 is 10.2 Å². The molecule has 2 aromatic heterocycles. The summed E-state index contributed by atoms with van der Waals surface area (Å²) in [5.41, 5.74) is 7.00. The Kier molecular flexibility index (Phi) is 2.08. The van der Waals surface area contributed by atoms with Crippen LogP contribution in [0.2, 0.25) is 5.22 Å². The molecule has 0 saturated carbocycles. The lowest BCUT2D eigenvalue weighted by Crippen LogP contribution is -1.95. The van der Waals surface area contributed by atoms with Gasteiger partial charge in [0.1, 0.15) is 5.69 Å². The van der Waals surface area contributed by atoms with Gasteiger partial charge in [-0.15, -0.1) is 0 Å². The number of nitrogens with one attached hydrogen (secondary N) is 1. The first-order valence-electron chi connectivity index (χ1n) is 3.79. The molecule has 0 radical (unpaired) electrons. The number of H-pyrrole nitrogens is 1. The van der Waals surface area contributed by atoms with Crippen molar-refractivity contribution in [1.29, 1.82) is 0 Å². The summed E-state index contributed by atoms with van der Waals surface area (Å²) in [7, 11) is 0. The van der Waals surface area contributed by atoms with E-state index in [1.807, 2.05) is 6.07 Å². The molecule has 0 amide bonds. The monoisotopic (exact) mass is 197 g/mol. The fourth-order valence-corrected chi connectivity index (χ4v) is 1.19. The van der Waals surface area contributed by atoms with E-state index in [1.165, 1.54) is 0 Å². The molecule has 0 aliphatic heterocycles. The smallest absolute Gasteiger partial charge is 0.194 e. The number of hydrogen-bond donors (Lipinski definition) is 2. The predicted molar refractivity (Wildman–Crippen MR) is 49.2 cm³/mol. The maximum Gasteiger partial charge on any atom is 0.194 e. The van der Waals surface area contributed by atoms with Crippen LogP contribution in [-0.4, -0.2) is 10.2 Å². The van der Waals surface area contributed by atoms with Crippen LogP contribution in [0, 0.1) is 0 Å². The molecule has 2 heterocycles. The summed E-state index contributed by atoms with van der Waals surface area (Å²) in [4.78, 5) is 0. The van der Waals surface area contributed by atoms with E-state index in [-0.39, 0.29) is 0 Å². The third-order valence-corrected chi connectivity index (χ3v) is 1.88. The van der Waals surface area contributed by atoms with E-state index in [9.17, 15) is 0 Å². The summed E-state index contributed by atoms with van der Waals surface area (Å²) < 4.78 is 5.17. The molecule has 2 rings (SSSR count). The summed E-state index contributed by atoms with van der Waals surface area (Å²) in [6.07, 6.45) is 0. The summed E-state index contributed by atoms with van der Waals surface area (Å²) >= 11 is 5.62. The van der Waals surface area contributed by atoms with E-state index in [1.54, 1.807) is 12.1 Å². The molecule has 4 nitrogen and oxygen atoms in total. The molecular formula is C8H8ClN3O. The summed E-state index contributed by atoms with van der Waals surface area (Å²) in [5, 5.41) is 7.15. The third-order valence-electron chi connectivity index (χ3n) is 1.68. The fraction of sp³-hybridized carbons (Fsp3) is 0.125. The van der Waals surface area contributed by atoms with Crippen molar-refractivity contribution in [3.63, 3.8) is 0 Å². The summed E-state index contributed by atoms with van der Waals surface area (Å²) in [5.74, 6) is 0.640. The second kappa shape index (κ2) is 3.24. The van der Waals surface area contributed by atoms with Crippen molar-refractivity contribution >= 4 is 11.6 Å². The number of nitrogens with two attached hydrogens (primary N) is 1. The zero-order valence-corrected chi connectivity index (χ0v) is 7.51. The summed E-state index contributed by atoms with van der Waals surface area (Å²) in [6.45, 7) is 0.432. The Morgan fingerprint density at radius 3 is 2.92 bits per heavy atom. The highest BCUT2D eigenvalue weighted by molar-refractivity contribution is 6.28. The van der Waals surface area contributed by atoms with Crippen LogP contribution in [0.4, 0.5) is 0 Å². The quantitative estimate of drug-likeness (QED) is 0.771. The van der Waals surface area contributed by atoms with Gasteiger partial charge in [-0.2, -0.15) is 5.10 Å². The largest absolute Gasteiger partial charge is 0.443 e. The Bertz CT molecular complexity index is 407. The van der Waals surface area contributed by atoms with Crippen LogP contribution in [0.15, 0.2) is 22.6 Å². The van der Waals surface area contributed by atoms with Crippen molar-refractivity contribution in [2.24, 2.45) is 5.73 Å². The molecule has 0 bridgehead atoms. The van der Waals surface area contributed by atoms with Gasteiger partial charge in [0, 0.05) is 12.2 Å². The fourth-order valence-electron chi connectivity index (χ4n) is 1.04. The van der Waals surface area contributed by atoms with Gasteiger partial charge in [0.05, 0.1) is 0 Å². The Morgan fingerprint density at radius 1 is 1.54 bits per heavy atom. The molecule has 0 atom stereocenters. The van der Waals surface area contributed by atoms with Crippen LogP contribution < -0.4 is 5.73 Å². The number of aromatic nitrogens is 2. The molecule has 0 saturated heterocycles. The second-order valence-corrected chi connectivity index (χ2v) is 2.96. The molecule has 2 aromatic rings. The second-order valence-electron chi connectivity index (χ2n) is 2.59.